The number of hydrogen-bond donors (Lipinski definition) is 2. The SMILES string of the molecule is C#CCCNC(=O)Cc1cccc(O)c1. The van der Waals surface area contributed by atoms with E-state index in [1.807, 2.05) is 0 Å². The lowest BCUT2D eigenvalue weighted by Gasteiger charge is -2.03. The van der Waals surface area contributed by atoms with Crippen LogP contribution >= 0.6 is 0 Å². The monoisotopic (exact) mass is 203 g/mol. The Hall–Kier alpha value is -1.95. The van der Waals surface area contributed by atoms with Crippen molar-refractivity contribution in [1.82, 2.24) is 5.32 Å². The summed E-state index contributed by atoms with van der Waals surface area (Å²) in [6.07, 6.45) is 5.85. The number of amides is 1. The zero-order chi connectivity index (χ0) is 11.1. The van der Waals surface area contributed by atoms with E-state index in [9.17, 15) is 9.90 Å². The molecule has 0 bridgehead atoms. The second-order valence-electron chi connectivity index (χ2n) is 3.15. The first-order valence-electron chi connectivity index (χ1n) is 4.70. The van der Waals surface area contributed by atoms with Crippen LogP contribution in [-0.4, -0.2) is 17.6 Å². The van der Waals surface area contributed by atoms with Crippen LogP contribution < -0.4 is 5.32 Å². The number of carbonyl (C=O) groups excluding carboxylic acids is 1. The Kier molecular flexibility index (Phi) is 4.24. The number of rotatable bonds is 4. The molecule has 15 heavy (non-hydrogen) atoms. The van der Waals surface area contributed by atoms with Gasteiger partial charge in [0.15, 0.2) is 0 Å². The fourth-order valence-electron chi connectivity index (χ4n) is 1.19. The van der Waals surface area contributed by atoms with Gasteiger partial charge < -0.3 is 10.4 Å². The van der Waals surface area contributed by atoms with Gasteiger partial charge in [0.25, 0.3) is 0 Å². The number of benzene rings is 1. The van der Waals surface area contributed by atoms with Gasteiger partial charge in [0, 0.05) is 13.0 Å². The Balaban J connectivity index is 2.42. The van der Waals surface area contributed by atoms with Crippen LogP contribution in [0.15, 0.2) is 24.3 Å². The van der Waals surface area contributed by atoms with Crippen LogP contribution in [0.5, 0.6) is 5.75 Å². The lowest BCUT2D eigenvalue weighted by Crippen LogP contribution is -2.25. The Morgan fingerprint density at radius 3 is 3.00 bits per heavy atom. The zero-order valence-corrected chi connectivity index (χ0v) is 8.36. The molecule has 0 saturated heterocycles. The molecule has 1 aromatic rings. The van der Waals surface area contributed by atoms with E-state index in [1.54, 1.807) is 24.3 Å². The number of carbonyl (C=O) groups is 1. The van der Waals surface area contributed by atoms with E-state index in [0.29, 0.717) is 13.0 Å². The highest BCUT2D eigenvalue weighted by Crippen LogP contribution is 2.10. The zero-order valence-electron chi connectivity index (χ0n) is 8.36. The minimum Gasteiger partial charge on any atom is -0.508 e. The van der Waals surface area contributed by atoms with Gasteiger partial charge in [-0.25, -0.2) is 0 Å². The van der Waals surface area contributed by atoms with E-state index in [1.165, 1.54) is 0 Å². The van der Waals surface area contributed by atoms with Crippen LogP contribution in [0.1, 0.15) is 12.0 Å². The van der Waals surface area contributed by atoms with Gasteiger partial charge in [-0.3, -0.25) is 4.79 Å². The maximum atomic E-state index is 11.3. The summed E-state index contributed by atoms with van der Waals surface area (Å²) in [7, 11) is 0. The van der Waals surface area contributed by atoms with Gasteiger partial charge in [-0.05, 0) is 17.7 Å². The molecule has 1 rings (SSSR count). The van der Waals surface area contributed by atoms with E-state index in [2.05, 4.69) is 11.2 Å². The van der Waals surface area contributed by atoms with Gasteiger partial charge in [-0.15, -0.1) is 12.3 Å². The highest BCUT2D eigenvalue weighted by Gasteiger charge is 2.02. The van der Waals surface area contributed by atoms with Gasteiger partial charge in [0.1, 0.15) is 5.75 Å². The highest BCUT2D eigenvalue weighted by atomic mass is 16.3. The van der Waals surface area contributed by atoms with Crippen molar-refractivity contribution in [3.05, 3.63) is 29.8 Å². The molecule has 0 aliphatic carbocycles. The molecule has 0 atom stereocenters. The molecular formula is C12H13NO2. The van der Waals surface area contributed by atoms with Gasteiger partial charge in [0.05, 0.1) is 6.42 Å². The fraction of sp³-hybridized carbons (Fsp3) is 0.250. The Morgan fingerprint density at radius 2 is 2.33 bits per heavy atom. The third kappa shape index (κ3) is 4.19. The van der Waals surface area contributed by atoms with Crippen molar-refractivity contribution in [2.24, 2.45) is 0 Å². The fourth-order valence-corrected chi connectivity index (χ4v) is 1.19. The molecule has 1 amide bonds. The molecule has 3 heteroatoms. The van der Waals surface area contributed by atoms with Crippen LogP contribution in [0, 0.1) is 12.3 Å². The van der Waals surface area contributed by atoms with Gasteiger partial charge in [-0.1, -0.05) is 12.1 Å². The Labute approximate surface area is 89.1 Å². The molecule has 0 heterocycles. The van der Waals surface area contributed by atoms with Crippen molar-refractivity contribution in [2.75, 3.05) is 6.54 Å². The summed E-state index contributed by atoms with van der Waals surface area (Å²) in [6, 6.07) is 6.64. The normalized spacial score (nSPS) is 9.27. The van der Waals surface area contributed by atoms with Crippen molar-refractivity contribution < 1.29 is 9.90 Å². The number of hydrogen-bond acceptors (Lipinski definition) is 2. The molecule has 2 N–H and O–H groups in total. The Morgan fingerprint density at radius 1 is 1.53 bits per heavy atom. The molecular weight excluding hydrogens is 190 g/mol. The predicted molar refractivity (Wildman–Crippen MR) is 58.3 cm³/mol. The van der Waals surface area contributed by atoms with Crippen LogP contribution in [0.4, 0.5) is 0 Å². The molecule has 0 aromatic heterocycles. The maximum absolute atomic E-state index is 11.3. The van der Waals surface area contributed by atoms with Crippen molar-refractivity contribution in [2.45, 2.75) is 12.8 Å². The lowest BCUT2D eigenvalue weighted by atomic mass is 10.1. The number of terminal acetylenes is 1. The molecule has 3 nitrogen and oxygen atoms in total. The standard InChI is InChI=1S/C12H13NO2/c1-2-3-7-13-12(15)9-10-5-4-6-11(14)8-10/h1,4-6,8,14H,3,7,9H2,(H,13,15). The highest BCUT2D eigenvalue weighted by molar-refractivity contribution is 5.78. The molecule has 0 unspecified atom stereocenters. The maximum Gasteiger partial charge on any atom is 0.224 e. The summed E-state index contributed by atoms with van der Waals surface area (Å²) in [5, 5.41) is 11.9. The summed E-state index contributed by atoms with van der Waals surface area (Å²) < 4.78 is 0. The first kappa shape index (κ1) is 11.1. The smallest absolute Gasteiger partial charge is 0.224 e. The van der Waals surface area contributed by atoms with Crippen molar-refractivity contribution in [3.8, 4) is 18.1 Å². The average Bonchev–Trinajstić information content (AvgIpc) is 2.18. The topological polar surface area (TPSA) is 49.3 Å². The van der Waals surface area contributed by atoms with Crippen molar-refractivity contribution >= 4 is 5.91 Å². The quantitative estimate of drug-likeness (QED) is 0.568. The van der Waals surface area contributed by atoms with Crippen LogP contribution in [-0.2, 0) is 11.2 Å². The van der Waals surface area contributed by atoms with Crippen LogP contribution in [0.2, 0.25) is 0 Å². The number of phenols is 1. The predicted octanol–water partition coefficient (Wildman–Crippen LogP) is 1.07. The second-order valence-corrected chi connectivity index (χ2v) is 3.15. The molecule has 0 fully saturated rings. The molecule has 0 saturated carbocycles. The van der Waals surface area contributed by atoms with E-state index < -0.39 is 0 Å². The molecule has 1 aromatic carbocycles. The van der Waals surface area contributed by atoms with Crippen LogP contribution in [0.3, 0.4) is 0 Å². The van der Waals surface area contributed by atoms with E-state index >= 15 is 0 Å². The molecule has 0 aliphatic heterocycles. The summed E-state index contributed by atoms with van der Waals surface area (Å²) in [6.45, 7) is 0.494. The molecule has 0 aliphatic rings. The van der Waals surface area contributed by atoms with E-state index in [4.69, 9.17) is 6.42 Å². The molecule has 0 radical (unpaired) electrons. The minimum atomic E-state index is -0.0872. The van der Waals surface area contributed by atoms with E-state index in [0.717, 1.165) is 5.56 Å². The van der Waals surface area contributed by atoms with E-state index in [-0.39, 0.29) is 18.1 Å². The third-order valence-electron chi connectivity index (χ3n) is 1.87. The first-order valence-corrected chi connectivity index (χ1v) is 4.70. The summed E-state index contributed by atoms with van der Waals surface area (Å²) in [5.41, 5.74) is 0.785. The number of phenolic OH excluding ortho intramolecular Hbond substituents is 1. The number of nitrogens with one attached hydrogen (secondary N) is 1. The minimum absolute atomic E-state index is 0.0872. The Bertz CT molecular complexity index is 379. The van der Waals surface area contributed by atoms with Crippen LogP contribution in [0.25, 0.3) is 0 Å². The molecule has 78 valence electrons. The summed E-state index contributed by atoms with van der Waals surface area (Å²) in [4.78, 5) is 11.3. The van der Waals surface area contributed by atoms with Gasteiger partial charge in [-0.2, -0.15) is 0 Å². The first-order chi connectivity index (χ1) is 7.22. The van der Waals surface area contributed by atoms with Gasteiger partial charge >= 0.3 is 0 Å². The average molecular weight is 203 g/mol. The third-order valence-corrected chi connectivity index (χ3v) is 1.87. The van der Waals surface area contributed by atoms with Gasteiger partial charge in [0.2, 0.25) is 5.91 Å². The summed E-state index contributed by atoms with van der Waals surface area (Å²) >= 11 is 0. The van der Waals surface area contributed by atoms with Crippen molar-refractivity contribution in [1.29, 1.82) is 0 Å². The summed E-state index contributed by atoms with van der Waals surface area (Å²) in [5.74, 6) is 2.52. The lowest BCUT2D eigenvalue weighted by molar-refractivity contribution is -0.120. The second kappa shape index (κ2) is 5.71. The largest absolute Gasteiger partial charge is 0.508 e. The van der Waals surface area contributed by atoms with Crippen molar-refractivity contribution in [3.63, 3.8) is 0 Å². The molecule has 0 spiro atoms. The number of aromatic hydroxyl groups is 1.